The molecule has 0 amide bonds. The van der Waals surface area contributed by atoms with Gasteiger partial charge in [-0.3, -0.25) is 0 Å². The summed E-state index contributed by atoms with van der Waals surface area (Å²) in [5, 5.41) is 27.8. The maximum absolute atomic E-state index is 9.61. The fourth-order valence-corrected chi connectivity index (χ4v) is 1.21. The molecule has 0 saturated carbocycles. The van der Waals surface area contributed by atoms with Gasteiger partial charge in [0.15, 0.2) is 0 Å². The molecule has 0 aliphatic rings. The second kappa shape index (κ2) is 3.66. The number of rotatable bonds is 2. The molecule has 0 bridgehead atoms. The minimum Gasteiger partial charge on any atom is -0.508 e. The quantitative estimate of drug-likeness (QED) is 0.649. The first-order chi connectivity index (χ1) is 6.07. The predicted octanol–water partition coefficient (Wildman–Crippen LogP) is 1.50. The smallest absolute Gasteiger partial charge is 0.125 e. The molecule has 0 heterocycles. The molecule has 3 heteroatoms. The molecule has 13 heavy (non-hydrogen) atoms. The lowest BCUT2D eigenvalue weighted by Crippen LogP contribution is -1.99. The summed E-state index contributed by atoms with van der Waals surface area (Å²) in [5.74, 6) is 0.0345. The van der Waals surface area contributed by atoms with E-state index in [9.17, 15) is 10.2 Å². The normalized spacial score (nSPS) is 12.8. The van der Waals surface area contributed by atoms with Crippen LogP contribution in [0.25, 0.3) is 0 Å². The molecule has 0 aliphatic carbocycles. The molecule has 1 atom stereocenters. The Balaban J connectivity index is 3.18. The number of hydrogen-bond acceptors (Lipinski definition) is 3. The summed E-state index contributed by atoms with van der Waals surface area (Å²) in [6.45, 7) is 3.43. The first-order valence-corrected chi connectivity index (χ1v) is 4.20. The average molecular weight is 182 g/mol. The first kappa shape index (κ1) is 9.86. The van der Waals surface area contributed by atoms with Gasteiger partial charge in [0.25, 0.3) is 0 Å². The molecule has 0 spiro atoms. The molecule has 0 radical (unpaired) electrons. The van der Waals surface area contributed by atoms with Crippen molar-refractivity contribution in [2.45, 2.75) is 19.8 Å². The van der Waals surface area contributed by atoms with Crippen molar-refractivity contribution in [3.05, 3.63) is 23.3 Å². The van der Waals surface area contributed by atoms with Gasteiger partial charge in [-0.2, -0.15) is 0 Å². The van der Waals surface area contributed by atoms with E-state index in [-0.39, 0.29) is 24.0 Å². The lowest BCUT2D eigenvalue weighted by atomic mass is 9.98. The Bertz CT molecular complexity index is 307. The number of hydrogen-bond donors (Lipinski definition) is 3. The second-order valence-corrected chi connectivity index (χ2v) is 3.23. The molecule has 1 aromatic rings. The Morgan fingerprint density at radius 3 is 2.46 bits per heavy atom. The van der Waals surface area contributed by atoms with E-state index in [0.29, 0.717) is 11.1 Å². The molecule has 1 rings (SSSR count). The monoisotopic (exact) mass is 182 g/mol. The topological polar surface area (TPSA) is 60.7 Å². The average Bonchev–Trinajstić information content (AvgIpc) is 2.13. The highest BCUT2D eigenvalue weighted by Crippen LogP contribution is 2.33. The van der Waals surface area contributed by atoms with Crippen molar-refractivity contribution in [1.82, 2.24) is 0 Å². The van der Waals surface area contributed by atoms with E-state index in [1.165, 1.54) is 6.07 Å². The molecule has 72 valence electrons. The highest BCUT2D eigenvalue weighted by atomic mass is 16.3. The summed E-state index contributed by atoms with van der Waals surface area (Å²) in [5.41, 5.74) is 1.12. The van der Waals surface area contributed by atoms with Crippen LogP contribution in [-0.4, -0.2) is 21.9 Å². The molecule has 0 saturated heterocycles. The van der Waals surface area contributed by atoms with Crippen LogP contribution in [0.15, 0.2) is 12.1 Å². The van der Waals surface area contributed by atoms with Crippen LogP contribution in [0.3, 0.4) is 0 Å². The lowest BCUT2D eigenvalue weighted by molar-refractivity contribution is 0.270. The number of benzene rings is 1. The molecule has 0 aliphatic heterocycles. The largest absolute Gasteiger partial charge is 0.508 e. The molecule has 1 aromatic carbocycles. The van der Waals surface area contributed by atoms with E-state index in [4.69, 9.17) is 5.11 Å². The summed E-state index contributed by atoms with van der Waals surface area (Å²) in [7, 11) is 0. The fraction of sp³-hybridized carbons (Fsp3) is 0.400. The Kier molecular flexibility index (Phi) is 2.78. The molecule has 0 aromatic heterocycles. The molecule has 3 N–H and O–H groups in total. The van der Waals surface area contributed by atoms with Gasteiger partial charge >= 0.3 is 0 Å². The Hall–Kier alpha value is -1.22. The van der Waals surface area contributed by atoms with Crippen LogP contribution in [0.4, 0.5) is 0 Å². The zero-order chi connectivity index (χ0) is 10.0. The van der Waals surface area contributed by atoms with Crippen LogP contribution >= 0.6 is 0 Å². The van der Waals surface area contributed by atoms with Gasteiger partial charge in [0.05, 0.1) is 0 Å². The van der Waals surface area contributed by atoms with Crippen molar-refractivity contribution >= 4 is 0 Å². The Labute approximate surface area is 77.3 Å². The predicted molar refractivity (Wildman–Crippen MR) is 50.0 cm³/mol. The van der Waals surface area contributed by atoms with Crippen LogP contribution in [-0.2, 0) is 0 Å². The number of aliphatic hydroxyl groups excluding tert-OH is 1. The molecular formula is C10H14O3. The van der Waals surface area contributed by atoms with Crippen molar-refractivity contribution in [3.63, 3.8) is 0 Å². The van der Waals surface area contributed by atoms with Crippen molar-refractivity contribution in [2.75, 3.05) is 6.61 Å². The van der Waals surface area contributed by atoms with Gasteiger partial charge in [-0.05, 0) is 18.6 Å². The summed E-state index contributed by atoms with van der Waals surface area (Å²) in [6, 6.07) is 3.15. The third-order valence-electron chi connectivity index (χ3n) is 2.24. The van der Waals surface area contributed by atoms with Gasteiger partial charge in [-0.1, -0.05) is 13.0 Å². The van der Waals surface area contributed by atoms with E-state index in [0.717, 1.165) is 0 Å². The number of aromatic hydroxyl groups is 2. The van der Waals surface area contributed by atoms with Crippen LogP contribution in [0, 0.1) is 6.92 Å². The Morgan fingerprint density at radius 1 is 1.31 bits per heavy atom. The van der Waals surface area contributed by atoms with Crippen molar-refractivity contribution < 1.29 is 15.3 Å². The summed E-state index contributed by atoms with van der Waals surface area (Å²) < 4.78 is 0. The number of aliphatic hydroxyl groups is 1. The molecule has 1 unspecified atom stereocenters. The minimum absolute atomic E-state index is 0.0161. The van der Waals surface area contributed by atoms with E-state index in [1.54, 1.807) is 13.0 Å². The van der Waals surface area contributed by atoms with E-state index >= 15 is 0 Å². The summed E-state index contributed by atoms with van der Waals surface area (Å²) in [4.78, 5) is 0. The van der Waals surface area contributed by atoms with Crippen LogP contribution in [0.2, 0.25) is 0 Å². The van der Waals surface area contributed by atoms with E-state index in [2.05, 4.69) is 0 Å². The summed E-state index contributed by atoms with van der Waals surface area (Å²) in [6.07, 6.45) is 0. The Morgan fingerprint density at radius 2 is 1.92 bits per heavy atom. The van der Waals surface area contributed by atoms with E-state index in [1.807, 2.05) is 6.92 Å². The highest BCUT2D eigenvalue weighted by Gasteiger charge is 2.12. The van der Waals surface area contributed by atoms with Gasteiger partial charge in [-0.25, -0.2) is 0 Å². The zero-order valence-electron chi connectivity index (χ0n) is 7.78. The zero-order valence-corrected chi connectivity index (χ0v) is 7.78. The van der Waals surface area contributed by atoms with Crippen LogP contribution in [0.1, 0.15) is 24.0 Å². The van der Waals surface area contributed by atoms with Crippen molar-refractivity contribution in [1.29, 1.82) is 0 Å². The van der Waals surface area contributed by atoms with Gasteiger partial charge in [0.1, 0.15) is 11.5 Å². The third kappa shape index (κ3) is 1.75. The molecular weight excluding hydrogens is 168 g/mol. The molecule has 3 nitrogen and oxygen atoms in total. The van der Waals surface area contributed by atoms with Gasteiger partial charge in [0.2, 0.25) is 0 Å². The second-order valence-electron chi connectivity index (χ2n) is 3.23. The van der Waals surface area contributed by atoms with Gasteiger partial charge < -0.3 is 15.3 Å². The van der Waals surface area contributed by atoms with E-state index < -0.39 is 0 Å². The van der Waals surface area contributed by atoms with Crippen LogP contribution in [0.5, 0.6) is 11.5 Å². The number of phenolic OH excluding ortho intramolecular Hbond substituents is 2. The first-order valence-electron chi connectivity index (χ1n) is 4.20. The minimum atomic E-state index is -0.112. The van der Waals surface area contributed by atoms with Gasteiger partial charge in [-0.15, -0.1) is 0 Å². The van der Waals surface area contributed by atoms with Gasteiger partial charge in [0, 0.05) is 18.1 Å². The SMILES string of the molecule is Cc1c(O)ccc(C(C)CO)c1O. The maximum Gasteiger partial charge on any atom is 0.125 e. The highest BCUT2D eigenvalue weighted by molar-refractivity contribution is 5.48. The molecule has 0 fully saturated rings. The van der Waals surface area contributed by atoms with Crippen molar-refractivity contribution in [3.8, 4) is 11.5 Å². The fourth-order valence-electron chi connectivity index (χ4n) is 1.21. The van der Waals surface area contributed by atoms with Crippen molar-refractivity contribution in [2.24, 2.45) is 0 Å². The van der Waals surface area contributed by atoms with Crippen LogP contribution < -0.4 is 0 Å². The summed E-state index contributed by atoms with van der Waals surface area (Å²) >= 11 is 0. The standard InChI is InChI=1S/C10H14O3/c1-6(5-11)8-3-4-9(12)7(2)10(8)13/h3-4,6,11-13H,5H2,1-2H3. The maximum atomic E-state index is 9.61. The number of phenols is 2. The third-order valence-corrected chi connectivity index (χ3v) is 2.24. The lowest BCUT2D eigenvalue weighted by Gasteiger charge is -2.12.